The minimum absolute atomic E-state index is 0.0486. The number of amides is 4. The first-order chi connectivity index (χ1) is 11.9. The SMILES string of the molecule is CC.CC[B]c1cc2c(cc1F)C(=O)N(C1CCC(=O)NC1=O)C2=O. The minimum atomic E-state index is -1.04. The number of nitrogens with zero attached hydrogens (tertiary/aromatic N) is 1. The number of halogens is 1. The van der Waals surface area contributed by atoms with E-state index in [1.165, 1.54) is 6.07 Å². The Morgan fingerprint density at radius 2 is 1.76 bits per heavy atom. The fourth-order valence-electron chi connectivity index (χ4n) is 2.88. The van der Waals surface area contributed by atoms with Gasteiger partial charge in [0.25, 0.3) is 11.8 Å². The van der Waals surface area contributed by atoms with Gasteiger partial charge in [0.1, 0.15) is 11.9 Å². The largest absolute Gasteiger partial charge is 0.295 e. The first-order valence-electron chi connectivity index (χ1n) is 8.32. The number of carbonyl (C=O) groups excluding carboxylic acids is 4. The van der Waals surface area contributed by atoms with Gasteiger partial charge in [0.15, 0.2) is 7.28 Å². The first kappa shape index (κ1) is 18.8. The molecule has 1 saturated heterocycles. The summed E-state index contributed by atoms with van der Waals surface area (Å²) in [7, 11) is 1.61. The molecule has 131 valence electrons. The Balaban J connectivity index is 0.00000109. The Morgan fingerprint density at radius 3 is 2.32 bits per heavy atom. The summed E-state index contributed by atoms with van der Waals surface area (Å²) in [6.07, 6.45) is 0.703. The first-order valence-corrected chi connectivity index (χ1v) is 8.32. The van der Waals surface area contributed by atoms with Crippen LogP contribution in [-0.2, 0) is 9.59 Å². The van der Waals surface area contributed by atoms with Crippen LogP contribution in [0, 0.1) is 5.82 Å². The van der Waals surface area contributed by atoms with Gasteiger partial charge in [-0.15, -0.1) is 0 Å². The molecule has 4 amide bonds. The van der Waals surface area contributed by atoms with Crippen LogP contribution >= 0.6 is 0 Å². The molecular weight excluding hydrogens is 326 g/mol. The van der Waals surface area contributed by atoms with Crippen molar-refractivity contribution in [2.75, 3.05) is 0 Å². The molecule has 0 aromatic heterocycles. The summed E-state index contributed by atoms with van der Waals surface area (Å²) in [4.78, 5) is 48.9. The van der Waals surface area contributed by atoms with Crippen LogP contribution < -0.4 is 10.8 Å². The summed E-state index contributed by atoms with van der Waals surface area (Å²) in [6.45, 7) is 5.83. The summed E-state index contributed by atoms with van der Waals surface area (Å²) >= 11 is 0. The zero-order chi connectivity index (χ0) is 18.7. The predicted octanol–water partition coefficient (Wildman–Crippen LogP) is 1.02. The second-order valence-corrected chi connectivity index (χ2v) is 5.48. The van der Waals surface area contributed by atoms with Crippen molar-refractivity contribution in [1.29, 1.82) is 0 Å². The lowest BCUT2D eigenvalue weighted by Crippen LogP contribution is -2.54. The smallest absolute Gasteiger partial charge is 0.262 e. The van der Waals surface area contributed by atoms with E-state index < -0.39 is 35.5 Å². The van der Waals surface area contributed by atoms with E-state index in [0.717, 1.165) is 11.0 Å². The third-order valence-corrected chi connectivity index (χ3v) is 3.98. The van der Waals surface area contributed by atoms with Gasteiger partial charge < -0.3 is 0 Å². The minimum Gasteiger partial charge on any atom is -0.295 e. The Kier molecular flexibility index (Phi) is 5.71. The molecule has 1 N–H and O–H groups in total. The maximum absolute atomic E-state index is 14.0. The zero-order valence-corrected chi connectivity index (χ0v) is 14.4. The van der Waals surface area contributed by atoms with Crippen LogP contribution in [0.2, 0.25) is 6.32 Å². The number of fused-ring (bicyclic) bond motifs is 1. The van der Waals surface area contributed by atoms with Gasteiger partial charge in [-0.1, -0.05) is 38.6 Å². The van der Waals surface area contributed by atoms with Crippen molar-refractivity contribution in [2.45, 2.75) is 46.0 Å². The Labute approximate surface area is 146 Å². The van der Waals surface area contributed by atoms with Crippen LogP contribution in [0.25, 0.3) is 0 Å². The molecule has 0 spiro atoms. The topological polar surface area (TPSA) is 83.6 Å². The van der Waals surface area contributed by atoms with Crippen molar-refractivity contribution in [3.63, 3.8) is 0 Å². The average molecular weight is 345 g/mol. The summed E-state index contributed by atoms with van der Waals surface area (Å²) in [6, 6.07) is 1.32. The average Bonchev–Trinajstić information content (AvgIpc) is 2.82. The molecule has 8 heteroatoms. The number of rotatable bonds is 3. The van der Waals surface area contributed by atoms with E-state index >= 15 is 0 Å². The van der Waals surface area contributed by atoms with E-state index in [-0.39, 0.29) is 29.4 Å². The molecule has 1 atom stereocenters. The van der Waals surface area contributed by atoms with Crippen LogP contribution in [0.4, 0.5) is 4.39 Å². The molecule has 0 bridgehead atoms. The van der Waals surface area contributed by atoms with Gasteiger partial charge in [-0.2, -0.15) is 0 Å². The molecule has 0 saturated carbocycles. The molecule has 1 aromatic carbocycles. The summed E-state index contributed by atoms with van der Waals surface area (Å²) in [5, 5.41) is 2.11. The number of benzene rings is 1. The van der Waals surface area contributed by atoms with Crippen molar-refractivity contribution in [3.8, 4) is 0 Å². The molecule has 1 fully saturated rings. The molecule has 3 rings (SSSR count). The molecule has 1 unspecified atom stereocenters. The van der Waals surface area contributed by atoms with E-state index in [1.54, 1.807) is 7.28 Å². The second kappa shape index (κ2) is 7.59. The highest BCUT2D eigenvalue weighted by molar-refractivity contribution is 6.53. The molecule has 2 heterocycles. The maximum Gasteiger partial charge on any atom is 0.262 e. The Bertz CT molecular complexity index is 750. The second-order valence-electron chi connectivity index (χ2n) is 5.48. The third-order valence-electron chi connectivity index (χ3n) is 3.98. The molecule has 1 aromatic rings. The molecule has 6 nitrogen and oxygen atoms in total. The van der Waals surface area contributed by atoms with Gasteiger partial charge in [-0.25, -0.2) is 4.39 Å². The standard InChI is InChI=1S/C15H13BFN2O4.C2H6/c1-2-16-9-5-7-8(6-10(9)17)15(23)19(14(7)22)11-3-4-12(20)18-13(11)21;1-2/h5-6,11H,2-4H2,1H3,(H,18,20,21);1-2H3. The van der Waals surface area contributed by atoms with Crippen LogP contribution in [0.1, 0.15) is 54.3 Å². The van der Waals surface area contributed by atoms with Gasteiger partial charge in [0.05, 0.1) is 11.1 Å². The van der Waals surface area contributed by atoms with Crippen LogP contribution in [0.5, 0.6) is 0 Å². The Morgan fingerprint density at radius 1 is 1.16 bits per heavy atom. The summed E-state index contributed by atoms with van der Waals surface area (Å²) in [5.74, 6) is -3.05. The van der Waals surface area contributed by atoms with Gasteiger partial charge in [0, 0.05) is 6.42 Å². The highest BCUT2D eigenvalue weighted by Gasteiger charge is 2.44. The number of carbonyl (C=O) groups is 4. The van der Waals surface area contributed by atoms with Gasteiger partial charge in [0.2, 0.25) is 11.8 Å². The lowest BCUT2D eigenvalue weighted by Gasteiger charge is -2.27. The fourth-order valence-corrected chi connectivity index (χ4v) is 2.88. The third kappa shape index (κ3) is 3.33. The van der Waals surface area contributed by atoms with E-state index in [9.17, 15) is 23.6 Å². The lowest BCUT2D eigenvalue weighted by molar-refractivity contribution is -0.136. The van der Waals surface area contributed by atoms with Crippen LogP contribution in [-0.4, -0.2) is 41.8 Å². The number of hydrogen-bond acceptors (Lipinski definition) is 4. The molecule has 2 aliphatic rings. The normalized spacial score (nSPS) is 19.2. The monoisotopic (exact) mass is 345 g/mol. The molecule has 25 heavy (non-hydrogen) atoms. The fraction of sp³-hybridized carbons (Fsp3) is 0.412. The molecular formula is C17H19BFN2O4. The van der Waals surface area contributed by atoms with E-state index in [1.807, 2.05) is 20.8 Å². The van der Waals surface area contributed by atoms with Crippen molar-refractivity contribution in [2.24, 2.45) is 0 Å². The quantitative estimate of drug-likeness (QED) is 0.655. The zero-order valence-electron chi connectivity index (χ0n) is 14.4. The molecule has 2 aliphatic heterocycles. The highest BCUT2D eigenvalue weighted by Crippen LogP contribution is 2.27. The van der Waals surface area contributed by atoms with Gasteiger partial charge in [-0.3, -0.25) is 29.4 Å². The highest BCUT2D eigenvalue weighted by atomic mass is 19.1. The van der Waals surface area contributed by atoms with Crippen LogP contribution in [0.15, 0.2) is 12.1 Å². The van der Waals surface area contributed by atoms with Crippen molar-refractivity contribution in [3.05, 3.63) is 29.1 Å². The number of imide groups is 2. The van der Waals surface area contributed by atoms with Gasteiger partial charge >= 0.3 is 0 Å². The lowest BCUT2D eigenvalue weighted by atomic mass is 9.67. The number of piperidine rings is 1. The predicted molar refractivity (Wildman–Crippen MR) is 90.3 cm³/mol. The number of nitrogens with one attached hydrogen (secondary N) is 1. The molecule has 1 radical (unpaired) electrons. The van der Waals surface area contributed by atoms with E-state index in [2.05, 4.69) is 5.32 Å². The van der Waals surface area contributed by atoms with Crippen molar-refractivity contribution in [1.82, 2.24) is 10.2 Å². The van der Waals surface area contributed by atoms with Gasteiger partial charge in [-0.05, 0) is 12.5 Å². The van der Waals surface area contributed by atoms with Crippen molar-refractivity contribution >= 4 is 36.4 Å². The Hall–Kier alpha value is -2.51. The molecule has 0 aliphatic carbocycles. The van der Waals surface area contributed by atoms with Crippen molar-refractivity contribution < 1.29 is 23.6 Å². The van der Waals surface area contributed by atoms with E-state index in [4.69, 9.17) is 0 Å². The van der Waals surface area contributed by atoms with Crippen LogP contribution in [0.3, 0.4) is 0 Å². The summed E-state index contributed by atoms with van der Waals surface area (Å²) in [5.41, 5.74) is 0.281. The van der Waals surface area contributed by atoms with E-state index in [0.29, 0.717) is 6.32 Å². The maximum atomic E-state index is 14.0. The number of hydrogen-bond donors (Lipinski definition) is 1. The summed E-state index contributed by atoms with van der Waals surface area (Å²) < 4.78 is 14.0.